The minimum Gasteiger partial charge on any atom is -0.494 e. The first-order valence-electron chi connectivity index (χ1n) is 10.5. The van der Waals surface area contributed by atoms with Crippen molar-refractivity contribution in [1.82, 2.24) is 0 Å². The molecule has 1 N–H and O–H groups in total. The van der Waals surface area contributed by atoms with Gasteiger partial charge in [-0.1, -0.05) is 32.8 Å². The predicted octanol–water partition coefficient (Wildman–Crippen LogP) is 7.32. The average Bonchev–Trinajstić information content (AvgIpc) is 3.28. The second-order valence-corrected chi connectivity index (χ2v) is 9.48. The van der Waals surface area contributed by atoms with Crippen LogP contribution in [0.15, 0.2) is 47.8 Å². The van der Waals surface area contributed by atoms with Gasteiger partial charge >= 0.3 is 15.6 Å². The Bertz CT molecular complexity index is 1110. The van der Waals surface area contributed by atoms with E-state index in [1.54, 1.807) is 11.3 Å². The van der Waals surface area contributed by atoms with Crippen LogP contribution in [0.1, 0.15) is 39.5 Å². The molecule has 33 heavy (non-hydrogen) atoms. The minimum atomic E-state index is -5.84. The summed E-state index contributed by atoms with van der Waals surface area (Å²) in [4.78, 5) is 1.27. The zero-order chi connectivity index (χ0) is 24.5. The van der Waals surface area contributed by atoms with Gasteiger partial charge in [0.05, 0.1) is 13.2 Å². The van der Waals surface area contributed by atoms with Gasteiger partial charge in [-0.2, -0.15) is 21.6 Å². The highest BCUT2D eigenvalue weighted by atomic mass is 32.2. The van der Waals surface area contributed by atoms with E-state index in [-0.39, 0.29) is 0 Å². The van der Waals surface area contributed by atoms with Crippen molar-refractivity contribution in [3.05, 3.63) is 47.8 Å². The first-order valence-corrected chi connectivity index (χ1v) is 12.8. The molecule has 0 aliphatic carbocycles. The number of fused-ring (bicyclic) bond motifs is 1. The molecule has 0 bridgehead atoms. The van der Waals surface area contributed by atoms with Crippen molar-refractivity contribution in [2.45, 2.75) is 45.0 Å². The Morgan fingerprint density at radius 2 is 1.58 bits per heavy atom. The molecule has 1 aromatic heterocycles. The molecule has 0 saturated heterocycles. The maximum atomic E-state index is 10.7. The van der Waals surface area contributed by atoms with E-state index in [2.05, 4.69) is 61.7 Å². The van der Waals surface area contributed by atoms with Crippen LogP contribution < -0.4 is 9.47 Å². The number of hydrogen-bond acceptors (Lipinski definition) is 5. The van der Waals surface area contributed by atoms with Crippen LogP contribution in [-0.2, 0) is 10.1 Å². The lowest BCUT2D eigenvalue weighted by molar-refractivity contribution is -0.0510. The molecule has 0 unspecified atom stereocenters. The number of benzene rings is 2. The van der Waals surface area contributed by atoms with Crippen LogP contribution in [0, 0.1) is 0 Å². The van der Waals surface area contributed by atoms with E-state index in [1.807, 2.05) is 0 Å². The summed E-state index contributed by atoms with van der Waals surface area (Å²) in [5.74, 6) is 1.90. The molecular formula is C23H27F3O5S2. The smallest absolute Gasteiger partial charge is 0.494 e. The Balaban J connectivity index is 0.000000414. The molecule has 3 rings (SSSR count). The molecule has 2 aromatic carbocycles. The summed E-state index contributed by atoms with van der Waals surface area (Å²) in [6, 6.07) is 14.9. The summed E-state index contributed by atoms with van der Waals surface area (Å²) in [6.45, 7) is 5.89. The van der Waals surface area contributed by atoms with E-state index >= 15 is 0 Å². The van der Waals surface area contributed by atoms with E-state index in [0.717, 1.165) is 55.8 Å². The SMILES string of the molecule is CCCCOc1ccc2c(OCCCC)ccc(-c3cccs3)c2c1.O=S(=O)(O)C(F)(F)F. The summed E-state index contributed by atoms with van der Waals surface area (Å²) < 4.78 is 69.5. The normalized spacial score (nSPS) is 11.7. The number of halogens is 3. The second kappa shape index (κ2) is 12.2. The summed E-state index contributed by atoms with van der Waals surface area (Å²) in [5, 5.41) is 4.48. The van der Waals surface area contributed by atoms with Crippen molar-refractivity contribution in [3.63, 3.8) is 0 Å². The van der Waals surface area contributed by atoms with E-state index in [4.69, 9.17) is 22.4 Å². The van der Waals surface area contributed by atoms with Crippen LogP contribution in [0.25, 0.3) is 21.2 Å². The fourth-order valence-electron chi connectivity index (χ4n) is 2.82. The molecule has 0 amide bonds. The zero-order valence-electron chi connectivity index (χ0n) is 18.4. The maximum Gasteiger partial charge on any atom is 0.522 e. The monoisotopic (exact) mass is 504 g/mol. The lowest BCUT2D eigenvalue weighted by Gasteiger charge is -2.14. The fraction of sp³-hybridized carbons (Fsp3) is 0.391. The molecule has 3 aromatic rings. The Morgan fingerprint density at radius 1 is 0.939 bits per heavy atom. The van der Waals surface area contributed by atoms with Gasteiger partial charge in [0.15, 0.2) is 0 Å². The Morgan fingerprint density at radius 3 is 2.12 bits per heavy atom. The second-order valence-electron chi connectivity index (χ2n) is 7.12. The summed E-state index contributed by atoms with van der Waals surface area (Å²) in [7, 11) is -5.84. The van der Waals surface area contributed by atoms with Crippen molar-refractivity contribution in [2.75, 3.05) is 13.2 Å². The Kier molecular flexibility index (Phi) is 10.00. The number of ether oxygens (including phenoxy) is 2. The average molecular weight is 505 g/mol. The van der Waals surface area contributed by atoms with Gasteiger partial charge < -0.3 is 9.47 Å². The molecule has 0 fully saturated rings. The Labute approximate surface area is 195 Å². The van der Waals surface area contributed by atoms with Gasteiger partial charge in [-0.25, -0.2) is 0 Å². The summed E-state index contributed by atoms with van der Waals surface area (Å²) in [5.41, 5.74) is -4.29. The third-order valence-corrected chi connectivity index (χ3v) is 6.04. The van der Waals surface area contributed by atoms with Crippen molar-refractivity contribution in [2.24, 2.45) is 0 Å². The van der Waals surface area contributed by atoms with Gasteiger partial charge in [-0.15, -0.1) is 11.3 Å². The molecule has 1 heterocycles. The van der Waals surface area contributed by atoms with Crippen molar-refractivity contribution >= 4 is 32.2 Å². The first kappa shape index (κ1) is 26.9. The molecule has 0 aliphatic heterocycles. The summed E-state index contributed by atoms with van der Waals surface area (Å²) in [6.07, 6.45) is 4.44. The maximum absolute atomic E-state index is 10.7. The van der Waals surface area contributed by atoms with Gasteiger partial charge in [-0.3, -0.25) is 4.55 Å². The van der Waals surface area contributed by atoms with E-state index in [1.165, 1.54) is 15.8 Å². The lowest BCUT2D eigenvalue weighted by atomic mass is 10.0. The summed E-state index contributed by atoms with van der Waals surface area (Å²) >= 11 is 1.76. The third kappa shape index (κ3) is 7.90. The zero-order valence-corrected chi connectivity index (χ0v) is 20.0. The molecule has 182 valence electrons. The van der Waals surface area contributed by atoms with Gasteiger partial charge in [0, 0.05) is 10.3 Å². The quantitative estimate of drug-likeness (QED) is 0.188. The Hall–Kier alpha value is -2.30. The lowest BCUT2D eigenvalue weighted by Crippen LogP contribution is -2.21. The van der Waals surface area contributed by atoms with Crippen LogP contribution in [0.4, 0.5) is 13.2 Å². The molecule has 0 atom stereocenters. The topological polar surface area (TPSA) is 72.8 Å². The van der Waals surface area contributed by atoms with Gasteiger partial charge in [0.2, 0.25) is 0 Å². The molecule has 5 nitrogen and oxygen atoms in total. The number of unbranched alkanes of at least 4 members (excludes halogenated alkanes) is 2. The highest BCUT2D eigenvalue weighted by molar-refractivity contribution is 7.86. The van der Waals surface area contributed by atoms with Gasteiger partial charge in [0.1, 0.15) is 11.5 Å². The number of thiophene rings is 1. The van der Waals surface area contributed by atoms with E-state index in [0.29, 0.717) is 0 Å². The number of alkyl halides is 3. The van der Waals surface area contributed by atoms with Crippen LogP contribution in [0.5, 0.6) is 11.5 Å². The van der Waals surface area contributed by atoms with E-state index in [9.17, 15) is 13.2 Å². The molecule has 0 aliphatic rings. The van der Waals surface area contributed by atoms with Gasteiger partial charge in [-0.05, 0) is 65.6 Å². The largest absolute Gasteiger partial charge is 0.522 e. The molecule has 0 spiro atoms. The van der Waals surface area contributed by atoms with Crippen LogP contribution in [0.2, 0.25) is 0 Å². The highest BCUT2D eigenvalue weighted by Gasteiger charge is 2.44. The van der Waals surface area contributed by atoms with Gasteiger partial charge in [0.25, 0.3) is 0 Å². The molecule has 10 heteroatoms. The number of hydrogen-bond donors (Lipinski definition) is 1. The van der Waals surface area contributed by atoms with Crippen LogP contribution >= 0.6 is 11.3 Å². The minimum absolute atomic E-state index is 0.763. The number of rotatable bonds is 9. The van der Waals surface area contributed by atoms with Crippen molar-refractivity contribution < 1.29 is 35.6 Å². The molecular weight excluding hydrogens is 477 g/mol. The molecule has 0 radical (unpaired) electrons. The fourth-order valence-corrected chi connectivity index (χ4v) is 3.59. The van der Waals surface area contributed by atoms with Crippen molar-refractivity contribution in [3.8, 4) is 21.9 Å². The van der Waals surface area contributed by atoms with Crippen molar-refractivity contribution in [1.29, 1.82) is 0 Å². The first-order chi connectivity index (χ1) is 15.6. The van der Waals surface area contributed by atoms with Crippen LogP contribution in [0.3, 0.4) is 0 Å². The molecule has 0 saturated carbocycles. The van der Waals surface area contributed by atoms with Crippen LogP contribution in [-0.4, -0.2) is 31.7 Å². The predicted molar refractivity (Wildman–Crippen MR) is 126 cm³/mol. The van der Waals surface area contributed by atoms with E-state index < -0.39 is 15.6 Å². The third-order valence-electron chi connectivity index (χ3n) is 4.55. The standard InChI is InChI=1S/C22H26O2S.CHF3O3S/c1-3-5-13-23-17-9-10-18-20(16-17)19(22-8-7-15-25-22)11-12-21(18)24-14-6-4-2;2-1(3,4)8(5,6)7/h7-12,15-16H,3-6,13-14H2,1-2H3;(H,5,6,7). The highest BCUT2D eigenvalue weighted by Crippen LogP contribution is 2.38.